The van der Waals surface area contributed by atoms with Gasteiger partial charge in [-0.25, -0.2) is 4.39 Å². The van der Waals surface area contributed by atoms with Crippen LogP contribution in [0.2, 0.25) is 0 Å². The van der Waals surface area contributed by atoms with Crippen LogP contribution in [0.3, 0.4) is 0 Å². The Kier molecular flexibility index (Phi) is 4.15. The normalized spacial score (nSPS) is 10.4. The van der Waals surface area contributed by atoms with Crippen LogP contribution in [0.5, 0.6) is 5.75 Å². The summed E-state index contributed by atoms with van der Waals surface area (Å²) in [5.74, 6) is -0.215. The Morgan fingerprint density at radius 1 is 1.25 bits per heavy atom. The molecule has 0 unspecified atom stereocenters. The molecule has 0 aromatic heterocycles. The number of carbonyl (C=O) groups is 1. The summed E-state index contributed by atoms with van der Waals surface area (Å²) in [6.45, 7) is 1.65. The molecular weight excluding hydrogens is 259 g/mol. The van der Waals surface area contributed by atoms with Gasteiger partial charge in [0.1, 0.15) is 11.6 Å². The van der Waals surface area contributed by atoms with Crippen LogP contribution in [0.25, 0.3) is 0 Å². The molecule has 0 heterocycles. The van der Waals surface area contributed by atoms with Gasteiger partial charge < -0.3 is 9.84 Å². The first-order valence-corrected chi connectivity index (χ1v) is 6.15. The van der Waals surface area contributed by atoms with Crippen LogP contribution < -0.4 is 4.74 Å². The van der Waals surface area contributed by atoms with E-state index in [2.05, 4.69) is 0 Å². The Bertz CT molecular complexity index is 633. The molecule has 3 nitrogen and oxygen atoms in total. The van der Waals surface area contributed by atoms with Crippen molar-refractivity contribution in [3.63, 3.8) is 0 Å². The lowest BCUT2D eigenvalue weighted by Crippen LogP contribution is -2.07. The number of aliphatic hydroxyl groups excluding tert-OH is 1. The maximum Gasteiger partial charge on any atom is 0.197 e. The Morgan fingerprint density at radius 3 is 2.45 bits per heavy atom. The number of methoxy groups -OCH3 is 1. The molecule has 0 aliphatic rings. The van der Waals surface area contributed by atoms with Crippen molar-refractivity contribution in [1.82, 2.24) is 0 Å². The smallest absolute Gasteiger partial charge is 0.197 e. The van der Waals surface area contributed by atoms with E-state index in [1.165, 1.54) is 31.4 Å². The molecule has 0 radical (unpaired) electrons. The van der Waals surface area contributed by atoms with Crippen molar-refractivity contribution in [1.29, 1.82) is 0 Å². The highest BCUT2D eigenvalue weighted by Crippen LogP contribution is 2.27. The topological polar surface area (TPSA) is 46.5 Å². The van der Waals surface area contributed by atoms with Gasteiger partial charge in [-0.2, -0.15) is 0 Å². The SMILES string of the molecule is COc1cc(CO)cc(C)c1C(=O)c1ccc(F)cc1. The number of ketones is 1. The van der Waals surface area contributed by atoms with Crippen LogP contribution in [0, 0.1) is 12.7 Å². The lowest BCUT2D eigenvalue weighted by molar-refractivity contribution is 0.103. The molecule has 0 saturated carbocycles. The fourth-order valence-electron chi connectivity index (χ4n) is 2.12. The lowest BCUT2D eigenvalue weighted by Gasteiger charge is -2.12. The number of rotatable bonds is 4. The Hall–Kier alpha value is -2.20. The molecule has 1 N–H and O–H groups in total. The van der Waals surface area contributed by atoms with E-state index in [1.807, 2.05) is 0 Å². The maximum atomic E-state index is 12.9. The van der Waals surface area contributed by atoms with Crippen LogP contribution in [0.15, 0.2) is 36.4 Å². The minimum atomic E-state index is -0.388. The molecule has 0 atom stereocenters. The van der Waals surface area contributed by atoms with Crippen molar-refractivity contribution >= 4 is 5.78 Å². The monoisotopic (exact) mass is 274 g/mol. The molecule has 0 aliphatic heterocycles. The fraction of sp³-hybridized carbons (Fsp3) is 0.188. The second kappa shape index (κ2) is 5.84. The maximum absolute atomic E-state index is 12.9. The van der Waals surface area contributed by atoms with Gasteiger partial charge in [-0.1, -0.05) is 6.07 Å². The molecule has 0 fully saturated rings. The van der Waals surface area contributed by atoms with E-state index >= 15 is 0 Å². The highest BCUT2D eigenvalue weighted by Gasteiger charge is 2.18. The number of aryl methyl sites for hydroxylation is 1. The van der Waals surface area contributed by atoms with Gasteiger partial charge in [0.05, 0.1) is 19.3 Å². The van der Waals surface area contributed by atoms with Crippen molar-refractivity contribution in [2.45, 2.75) is 13.5 Å². The van der Waals surface area contributed by atoms with Crippen molar-refractivity contribution in [3.05, 3.63) is 64.5 Å². The number of benzene rings is 2. The average molecular weight is 274 g/mol. The largest absolute Gasteiger partial charge is 0.496 e. The first-order chi connectivity index (χ1) is 9.56. The molecule has 4 heteroatoms. The summed E-state index contributed by atoms with van der Waals surface area (Å²) in [6.07, 6.45) is 0. The number of aliphatic hydroxyl groups is 1. The van der Waals surface area contributed by atoms with Crippen molar-refractivity contribution in [2.75, 3.05) is 7.11 Å². The molecule has 0 saturated heterocycles. The van der Waals surface area contributed by atoms with Crippen LogP contribution in [-0.4, -0.2) is 18.0 Å². The van der Waals surface area contributed by atoms with Crippen LogP contribution in [0.1, 0.15) is 27.0 Å². The number of halogens is 1. The van der Waals surface area contributed by atoms with Crippen LogP contribution in [0.4, 0.5) is 4.39 Å². The molecule has 0 aliphatic carbocycles. The summed E-state index contributed by atoms with van der Waals surface area (Å²) in [5.41, 5.74) is 2.21. The number of carbonyl (C=O) groups excluding carboxylic acids is 1. The summed E-state index contributed by atoms with van der Waals surface area (Å²) < 4.78 is 18.1. The van der Waals surface area contributed by atoms with Crippen LogP contribution in [-0.2, 0) is 6.61 Å². The summed E-state index contributed by atoms with van der Waals surface area (Å²) >= 11 is 0. The quantitative estimate of drug-likeness (QED) is 0.872. The molecule has 0 bridgehead atoms. The standard InChI is InChI=1S/C16H15FO3/c1-10-7-11(9-18)8-14(20-2)15(10)16(19)12-3-5-13(17)6-4-12/h3-8,18H,9H2,1-2H3. The predicted octanol–water partition coefficient (Wildman–Crippen LogP) is 2.87. The Balaban J connectivity index is 2.51. The highest BCUT2D eigenvalue weighted by molar-refractivity contribution is 6.11. The number of hydrogen-bond acceptors (Lipinski definition) is 3. The van der Waals surface area contributed by atoms with Crippen molar-refractivity contribution < 1.29 is 19.0 Å². The third-order valence-corrected chi connectivity index (χ3v) is 3.10. The first kappa shape index (κ1) is 14.2. The van der Waals surface area contributed by atoms with E-state index < -0.39 is 0 Å². The number of hydrogen-bond donors (Lipinski definition) is 1. The van der Waals surface area contributed by atoms with E-state index in [0.29, 0.717) is 28.0 Å². The van der Waals surface area contributed by atoms with Gasteiger partial charge in [-0.15, -0.1) is 0 Å². The van der Waals surface area contributed by atoms with Gasteiger partial charge in [-0.05, 0) is 48.4 Å². The van der Waals surface area contributed by atoms with Gasteiger partial charge in [0.2, 0.25) is 0 Å². The third-order valence-electron chi connectivity index (χ3n) is 3.10. The summed E-state index contributed by atoms with van der Waals surface area (Å²) in [7, 11) is 1.47. The van der Waals surface area contributed by atoms with Gasteiger partial charge >= 0.3 is 0 Å². The van der Waals surface area contributed by atoms with Gasteiger partial charge in [0.15, 0.2) is 5.78 Å². The average Bonchev–Trinajstić information content (AvgIpc) is 2.46. The van der Waals surface area contributed by atoms with Gasteiger partial charge in [0, 0.05) is 5.56 Å². The first-order valence-electron chi connectivity index (χ1n) is 6.15. The van der Waals surface area contributed by atoms with E-state index in [1.54, 1.807) is 19.1 Å². The molecule has 0 amide bonds. The lowest BCUT2D eigenvalue weighted by atomic mass is 9.96. The molecule has 2 aromatic rings. The van der Waals surface area contributed by atoms with E-state index in [9.17, 15) is 14.3 Å². The van der Waals surface area contributed by atoms with Crippen molar-refractivity contribution in [2.24, 2.45) is 0 Å². The second-order valence-electron chi connectivity index (χ2n) is 4.48. The summed E-state index contributed by atoms with van der Waals surface area (Å²) in [5, 5.41) is 9.18. The molecule has 2 rings (SSSR count). The molecule has 20 heavy (non-hydrogen) atoms. The van der Waals surface area contributed by atoms with Crippen LogP contribution >= 0.6 is 0 Å². The minimum Gasteiger partial charge on any atom is -0.496 e. The molecule has 104 valence electrons. The number of ether oxygens (including phenoxy) is 1. The van der Waals surface area contributed by atoms with E-state index in [-0.39, 0.29) is 18.2 Å². The predicted molar refractivity (Wildman–Crippen MR) is 73.5 cm³/mol. The zero-order valence-electron chi connectivity index (χ0n) is 11.3. The Morgan fingerprint density at radius 2 is 1.90 bits per heavy atom. The third kappa shape index (κ3) is 2.70. The fourth-order valence-corrected chi connectivity index (χ4v) is 2.12. The molecule has 0 spiro atoms. The van der Waals surface area contributed by atoms with Gasteiger partial charge in [-0.3, -0.25) is 4.79 Å². The Labute approximate surface area is 116 Å². The highest BCUT2D eigenvalue weighted by atomic mass is 19.1. The zero-order chi connectivity index (χ0) is 14.7. The molecule has 2 aromatic carbocycles. The van der Waals surface area contributed by atoms with E-state index in [4.69, 9.17) is 4.74 Å². The second-order valence-corrected chi connectivity index (χ2v) is 4.48. The van der Waals surface area contributed by atoms with Gasteiger partial charge in [0.25, 0.3) is 0 Å². The molecular formula is C16H15FO3. The van der Waals surface area contributed by atoms with E-state index in [0.717, 1.165) is 0 Å². The minimum absolute atomic E-state index is 0.123. The zero-order valence-corrected chi connectivity index (χ0v) is 11.3. The summed E-state index contributed by atoms with van der Waals surface area (Å²) in [4.78, 5) is 12.5. The summed E-state index contributed by atoms with van der Waals surface area (Å²) in [6, 6.07) is 8.74. The van der Waals surface area contributed by atoms with Crippen molar-refractivity contribution in [3.8, 4) is 5.75 Å².